The van der Waals surface area contributed by atoms with Crippen LogP contribution in [0.2, 0.25) is 0 Å². The zero-order chi connectivity index (χ0) is 18.2. The van der Waals surface area contributed by atoms with Crippen LogP contribution in [0.4, 0.5) is 0 Å². The summed E-state index contributed by atoms with van der Waals surface area (Å²) in [6.07, 6.45) is 0. The minimum Gasteiger partial charge on any atom is -0.497 e. The molecule has 3 rings (SSSR count). The molecule has 7 heteroatoms. The van der Waals surface area contributed by atoms with Gasteiger partial charge in [-0.3, -0.25) is 4.79 Å². The van der Waals surface area contributed by atoms with Gasteiger partial charge in [-0.25, -0.2) is 0 Å². The second kappa shape index (κ2) is 8.96. The van der Waals surface area contributed by atoms with Crippen molar-refractivity contribution in [2.24, 2.45) is 0 Å². The lowest BCUT2D eigenvalue weighted by Gasteiger charge is -2.09. The van der Waals surface area contributed by atoms with Gasteiger partial charge in [-0.2, -0.15) is 0 Å². The molecule has 7 nitrogen and oxygen atoms in total. The summed E-state index contributed by atoms with van der Waals surface area (Å²) < 4.78 is 21.3. The predicted molar refractivity (Wildman–Crippen MR) is 95.8 cm³/mol. The molecule has 0 bridgehead atoms. The Balaban J connectivity index is 1.29. The molecule has 0 spiro atoms. The molecular weight excluding hydrogens is 336 g/mol. The van der Waals surface area contributed by atoms with Crippen LogP contribution >= 0.6 is 0 Å². The van der Waals surface area contributed by atoms with E-state index in [1.54, 1.807) is 7.11 Å². The number of carbonyl (C=O) groups is 1. The summed E-state index contributed by atoms with van der Waals surface area (Å²) in [6.45, 7) is 1.97. The minimum atomic E-state index is -0.0767. The highest BCUT2D eigenvalue weighted by Gasteiger charge is 2.13. The lowest BCUT2D eigenvalue weighted by Crippen LogP contribution is -2.35. The first-order chi connectivity index (χ1) is 12.7. The van der Waals surface area contributed by atoms with Crippen LogP contribution in [-0.2, 0) is 11.3 Å². The fourth-order valence-corrected chi connectivity index (χ4v) is 2.43. The van der Waals surface area contributed by atoms with E-state index in [1.165, 1.54) is 0 Å². The Hall–Kier alpha value is -2.93. The molecule has 2 aromatic rings. The van der Waals surface area contributed by atoms with Crippen molar-refractivity contribution in [3.8, 4) is 23.0 Å². The van der Waals surface area contributed by atoms with Crippen molar-refractivity contribution in [1.82, 2.24) is 10.6 Å². The topological polar surface area (TPSA) is 78.1 Å². The molecule has 1 aliphatic heterocycles. The maximum atomic E-state index is 11.9. The van der Waals surface area contributed by atoms with E-state index in [9.17, 15) is 4.79 Å². The SMILES string of the molecule is COc1ccc(OCCNCC(=O)NCc2ccc3c(c2)OCO3)cc1. The van der Waals surface area contributed by atoms with E-state index in [-0.39, 0.29) is 19.2 Å². The van der Waals surface area contributed by atoms with E-state index in [1.807, 2.05) is 42.5 Å². The summed E-state index contributed by atoms with van der Waals surface area (Å²) >= 11 is 0. The molecule has 138 valence electrons. The van der Waals surface area contributed by atoms with Gasteiger partial charge in [0.15, 0.2) is 11.5 Å². The molecular formula is C19H22N2O5. The number of hydrogen-bond acceptors (Lipinski definition) is 6. The quantitative estimate of drug-likeness (QED) is 0.665. The lowest BCUT2D eigenvalue weighted by molar-refractivity contribution is -0.120. The normalized spacial score (nSPS) is 11.9. The van der Waals surface area contributed by atoms with Crippen molar-refractivity contribution in [3.05, 3.63) is 48.0 Å². The number of amides is 1. The second-order valence-electron chi connectivity index (χ2n) is 5.67. The minimum absolute atomic E-state index is 0.0767. The lowest BCUT2D eigenvalue weighted by atomic mass is 10.2. The zero-order valence-electron chi connectivity index (χ0n) is 14.6. The van der Waals surface area contributed by atoms with Gasteiger partial charge < -0.3 is 29.6 Å². The van der Waals surface area contributed by atoms with Crippen molar-refractivity contribution in [3.63, 3.8) is 0 Å². The van der Waals surface area contributed by atoms with Crippen molar-refractivity contribution in [2.45, 2.75) is 6.54 Å². The van der Waals surface area contributed by atoms with Gasteiger partial charge in [-0.1, -0.05) is 6.07 Å². The predicted octanol–water partition coefficient (Wildman–Crippen LogP) is 1.71. The molecule has 2 aromatic carbocycles. The Morgan fingerprint density at radius 3 is 2.65 bits per heavy atom. The first-order valence-corrected chi connectivity index (χ1v) is 8.37. The van der Waals surface area contributed by atoms with Crippen molar-refractivity contribution < 1.29 is 23.7 Å². The molecule has 0 aliphatic carbocycles. The van der Waals surface area contributed by atoms with E-state index in [2.05, 4.69) is 10.6 Å². The Kier molecular flexibility index (Phi) is 6.16. The summed E-state index contributed by atoms with van der Waals surface area (Å²) in [5.41, 5.74) is 0.963. The van der Waals surface area contributed by atoms with Gasteiger partial charge in [0.2, 0.25) is 12.7 Å². The maximum Gasteiger partial charge on any atom is 0.234 e. The number of nitrogens with one attached hydrogen (secondary N) is 2. The molecule has 1 amide bonds. The van der Waals surface area contributed by atoms with E-state index < -0.39 is 0 Å². The fourth-order valence-electron chi connectivity index (χ4n) is 2.43. The molecule has 0 fully saturated rings. The highest BCUT2D eigenvalue weighted by molar-refractivity contribution is 5.78. The third kappa shape index (κ3) is 5.03. The highest BCUT2D eigenvalue weighted by Crippen LogP contribution is 2.32. The standard InChI is InChI=1S/C19H22N2O5/c1-23-15-3-5-16(6-4-15)24-9-8-20-12-19(22)21-11-14-2-7-17-18(10-14)26-13-25-17/h2-7,10,20H,8-9,11-13H2,1H3,(H,21,22). The Morgan fingerprint density at radius 2 is 1.85 bits per heavy atom. The van der Waals surface area contributed by atoms with Crippen molar-refractivity contribution in [1.29, 1.82) is 0 Å². The van der Waals surface area contributed by atoms with E-state index in [4.69, 9.17) is 18.9 Å². The fraction of sp³-hybridized carbons (Fsp3) is 0.316. The van der Waals surface area contributed by atoms with Gasteiger partial charge in [0, 0.05) is 13.1 Å². The third-order valence-electron chi connectivity index (χ3n) is 3.82. The van der Waals surface area contributed by atoms with Crippen LogP contribution in [0, 0.1) is 0 Å². The molecule has 26 heavy (non-hydrogen) atoms. The second-order valence-corrected chi connectivity index (χ2v) is 5.67. The van der Waals surface area contributed by atoms with Gasteiger partial charge in [0.25, 0.3) is 0 Å². The van der Waals surface area contributed by atoms with Gasteiger partial charge >= 0.3 is 0 Å². The Morgan fingerprint density at radius 1 is 1.08 bits per heavy atom. The van der Waals surface area contributed by atoms with Crippen LogP contribution in [0.5, 0.6) is 23.0 Å². The summed E-state index contributed by atoms with van der Waals surface area (Å²) in [5.74, 6) is 2.92. The first kappa shape index (κ1) is 17.9. The van der Waals surface area contributed by atoms with E-state index >= 15 is 0 Å². The number of methoxy groups -OCH3 is 1. The maximum absolute atomic E-state index is 11.9. The molecule has 0 radical (unpaired) electrons. The Labute approximate surface area is 152 Å². The molecule has 1 heterocycles. The Bertz CT molecular complexity index is 733. The summed E-state index contributed by atoms with van der Waals surface area (Å²) in [7, 11) is 1.62. The molecule has 0 saturated carbocycles. The molecule has 0 saturated heterocycles. The summed E-state index contributed by atoms with van der Waals surface area (Å²) in [4.78, 5) is 11.9. The molecule has 0 unspecified atom stereocenters. The molecule has 0 aromatic heterocycles. The van der Waals surface area contributed by atoms with Crippen LogP contribution in [0.15, 0.2) is 42.5 Å². The van der Waals surface area contributed by atoms with Crippen LogP contribution in [-0.4, -0.2) is 39.5 Å². The number of hydrogen-bond donors (Lipinski definition) is 2. The number of ether oxygens (including phenoxy) is 4. The average Bonchev–Trinajstić information content (AvgIpc) is 3.14. The molecule has 2 N–H and O–H groups in total. The highest BCUT2D eigenvalue weighted by atomic mass is 16.7. The largest absolute Gasteiger partial charge is 0.497 e. The smallest absolute Gasteiger partial charge is 0.234 e. The number of rotatable bonds is 9. The summed E-state index contributed by atoms with van der Waals surface area (Å²) in [5, 5.41) is 5.91. The zero-order valence-corrected chi connectivity index (χ0v) is 14.6. The van der Waals surface area contributed by atoms with Gasteiger partial charge in [-0.05, 0) is 42.0 Å². The van der Waals surface area contributed by atoms with Gasteiger partial charge in [0.05, 0.1) is 13.7 Å². The average molecular weight is 358 g/mol. The van der Waals surface area contributed by atoms with Crippen molar-refractivity contribution >= 4 is 5.91 Å². The van der Waals surface area contributed by atoms with Gasteiger partial charge in [-0.15, -0.1) is 0 Å². The van der Waals surface area contributed by atoms with Crippen LogP contribution in [0.25, 0.3) is 0 Å². The van der Waals surface area contributed by atoms with E-state index in [0.29, 0.717) is 25.4 Å². The number of benzene rings is 2. The summed E-state index contributed by atoms with van der Waals surface area (Å²) in [6, 6.07) is 13.0. The third-order valence-corrected chi connectivity index (χ3v) is 3.82. The first-order valence-electron chi connectivity index (χ1n) is 8.37. The van der Waals surface area contributed by atoms with Crippen molar-refractivity contribution in [2.75, 3.05) is 33.6 Å². The molecule has 0 atom stereocenters. The van der Waals surface area contributed by atoms with Crippen LogP contribution < -0.4 is 29.6 Å². The van der Waals surface area contributed by atoms with Gasteiger partial charge in [0.1, 0.15) is 18.1 Å². The van der Waals surface area contributed by atoms with E-state index in [0.717, 1.165) is 22.8 Å². The van der Waals surface area contributed by atoms with Crippen LogP contribution in [0.1, 0.15) is 5.56 Å². The molecule has 1 aliphatic rings. The van der Waals surface area contributed by atoms with Crippen LogP contribution in [0.3, 0.4) is 0 Å². The number of carbonyl (C=O) groups excluding carboxylic acids is 1. The monoisotopic (exact) mass is 358 g/mol. The number of fused-ring (bicyclic) bond motifs is 1.